The first-order chi connectivity index (χ1) is 12.8. The van der Waals surface area contributed by atoms with Crippen LogP contribution in [0.2, 0.25) is 5.15 Å². The summed E-state index contributed by atoms with van der Waals surface area (Å²) in [5.41, 5.74) is -2.03. The normalized spacial score (nSPS) is 11.7. The highest BCUT2D eigenvalue weighted by Gasteiger charge is 2.31. The number of carbonyl (C=O) groups is 2. The lowest BCUT2D eigenvalue weighted by Gasteiger charge is -2.21. The Bertz CT molecular complexity index is 896. The van der Waals surface area contributed by atoms with Gasteiger partial charge >= 0.3 is 12.3 Å². The zero-order chi connectivity index (χ0) is 21.1. The Morgan fingerprint density at radius 3 is 2.29 bits per heavy atom. The van der Waals surface area contributed by atoms with Gasteiger partial charge in [-0.15, -0.1) is 0 Å². The molecule has 28 heavy (non-hydrogen) atoms. The van der Waals surface area contributed by atoms with E-state index in [4.69, 9.17) is 16.3 Å². The summed E-state index contributed by atoms with van der Waals surface area (Å²) in [6, 6.07) is 5.13. The van der Waals surface area contributed by atoms with Crippen LogP contribution in [-0.2, 0) is 10.9 Å². The number of halogens is 4. The molecule has 0 saturated carbocycles. The monoisotopic (exact) mass is 415 g/mol. The summed E-state index contributed by atoms with van der Waals surface area (Å²) in [5.74, 6) is -0.726. The number of pyridine rings is 1. The molecule has 1 heterocycles. The van der Waals surface area contributed by atoms with Gasteiger partial charge in [-0.2, -0.15) is 13.2 Å². The lowest BCUT2D eigenvalue weighted by molar-refractivity contribution is -0.137. The van der Waals surface area contributed by atoms with E-state index < -0.39 is 29.3 Å². The maximum atomic E-state index is 13.0. The molecule has 0 aliphatic carbocycles. The van der Waals surface area contributed by atoms with Crippen molar-refractivity contribution in [2.45, 2.75) is 32.5 Å². The highest BCUT2D eigenvalue weighted by molar-refractivity contribution is 6.29. The van der Waals surface area contributed by atoms with Crippen molar-refractivity contribution in [2.24, 2.45) is 0 Å². The van der Waals surface area contributed by atoms with Gasteiger partial charge in [0, 0.05) is 11.8 Å². The Kier molecular flexibility index (Phi) is 6.18. The molecule has 0 aliphatic rings. The maximum absolute atomic E-state index is 13.0. The number of rotatable bonds is 3. The molecule has 6 nitrogen and oxygen atoms in total. The zero-order valence-electron chi connectivity index (χ0n) is 15.1. The molecule has 0 fully saturated rings. The van der Waals surface area contributed by atoms with Crippen LogP contribution in [0.25, 0.3) is 0 Å². The lowest BCUT2D eigenvalue weighted by Crippen LogP contribution is -2.27. The Hall–Kier alpha value is -2.81. The van der Waals surface area contributed by atoms with Crippen molar-refractivity contribution in [1.82, 2.24) is 4.98 Å². The third-order valence-corrected chi connectivity index (χ3v) is 3.43. The number of hydrogen-bond donors (Lipinski definition) is 2. The molecule has 0 spiro atoms. The summed E-state index contributed by atoms with van der Waals surface area (Å²) >= 11 is 5.73. The van der Waals surface area contributed by atoms with Crippen LogP contribution < -0.4 is 10.6 Å². The largest absolute Gasteiger partial charge is 0.444 e. The second-order valence-electron chi connectivity index (χ2n) is 6.71. The van der Waals surface area contributed by atoms with Crippen molar-refractivity contribution in [3.05, 3.63) is 52.8 Å². The van der Waals surface area contributed by atoms with Crippen LogP contribution in [0.4, 0.5) is 29.3 Å². The van der Waals surface area contributed by atoms with Gasteiger partial charge < -0.3 is 10.1 Å². The van der Waals surface area contributed by atoms with Crippen LogP contribution in [0, 0.1) is 0 Å². The van der Waals surface area contributed by atoms with Crippen LogP contribution >= 0.6 is 11.6 Å². The van der Waals surface area contributed by atoms with E-state index in [9.17, 15) is 22.8 Å². The molecule has 150 valence electrons. The number of amides is 2. The third kappa shape index (κ3) is 6.12. The second kappa shape index (κ2) is 8.05. The quantitative estimate of drug-likeness (QED) is 0.662. The first-order valence-electron chi connectivity index (χ1n) is 7.99. The summed E-state index contributed by atoms with van der Waals surface area (Å²) in [5, 5.41) is 4.72. The number of alkyl halides is 3. The fourth-order valence-electron chi connectivity index (χ4n) is 2.08. The lowest BCUT2D eigenvalue weighted by atomic mass is 10.1. The fourth-order valence-corrected chi connectivity index (χ4v) is 2.26. The third-order valence-electron chi connectivity index (χ3n) is 3.22. The average molecular weight is 416 g/mol. The molecule has 0 unspecified atom stereocenters. The Labute approximate surface area is 164 Å². The van der Waals surface area contributed by atoms with Gasteiger partial charge in [-0.05, 0) is 51.1 Å². The minimum Gasteiger partial charge on any atom is -0.444 e. The Morgan fingerprint density at radius 1 is 1.04 bits per heavy atom. The van der Waals surface area contributed by atoms with Crippen molar-refractivity contribution in [1.29, 1.82) is 0 Å². The maximum Gasteiger partial charge on any atom is 0.416 e. The summed E-state index contributed by atoms with van der Waals surface area (Å²) in [4.78, 5) is 28.1. The van der Waals surface area contributed by atoms with Gasteiger partial charge in [-0.25, -0.2) is 9.78 Å². The molecular formula is C18H17ClF3N3O3. The van der Waals surface area contributed by atoms with E-state index in [-0.39, 0.29) is 22.1 Å². The van der Waals surface area contributed by atoms with E-state index in [1.54, 1.807) is 20.8 Å². The topological polar surface area (TPSA) is 80.3 Å². The van der Waals surface area contributed by atoms with Gasteiger partial charge in [0.05, 0.1) is 16.9 Å². The van der Waals surface area contributed by atoms with Gasteiger partial charge in [0.1, 0.15) is 10.8 Å². The van der Waals surface area contributed by atoms with Crippen molar-refractivity contribution < 1.29 is 27.5 Å². The molecule has 0 saturated heterocycles. The molecule has 2 aromatic rings. The van der Waals surface area contributed by atoms with E-state index in [1.807, 2.05) is 0 Å². The van der Waals surface area contributed by atoms with Crippen molar-refractivity contribution in [2.75, 3.05) is 10.6 Å². The van der Waals surface area contributed by atoms with Crippen LogP contribution in [0.1, 0.15) is 36.7 Å². The van der Waals surface area contributed by atoms with Gasteiger partial charge in [-0.1, -0.05) is 11.6 Å². The number of ether oxygens (including phenoxy) is 1. The van der Waals surface area contributed by atoms with E-state index in [1.165, 1.54) is 18.3 Å². The minimum atomic E-state index is -4.64. The van der Waals surface area contributed by atoms with Crippen LogP contribution in [0.3, 0.4) is 0 Å². The molecule has 1 aromatic carbocycles. The Morgan fingerprint density at radius 2 is 1.71 bits per heavy atom. The fraction of sp³-hybridized carbons (Fsp3) is 0.278. The van der Waals surface area contributed by atoms with Crippen LogP contribution in [0.15, 0.2) is 36.5 Å². The van der Waals surface area contributed by atoms with Crippen molar-refractivity contribution in [3.63, 3.8) is 0 Å². The van der Waals surface area contributed by atoms with E-state index in [2.05, 4.69) is 15.6 Å². The predicted octanol–water partition coefficient (Wildman–Crippen LogP) is 5.35. The molecule has 10 heteroatoms. The number of benzene rings is 1. The number of aromatic nitrogens is 1. The molecule has 1 aromatic heterocycles. The molecule has 0 atom stereocenters. The number of carbonyl (C=O) groups excluding carboxylic acids is 2. The summed E-state index contributed by atoms with van der Waals surface area (Å²) in [6.07, 6.45) is -4.23. The SMILES string of the molecule is CC(C)(C)OC(=O)Nc1ccc(C(F)(F)F)cc1NC(=O)c1ccnc(Cl)c1. The van der Waals surface area contributed by atoms with Gasteiger partial charge in [-0.3, -0.25) is 10.1 Å². The molecule has 0 radical (unpaired) electrons. The molecule has 0 aliphatic heterocycles. The first kappa shape index (κ1) is 21.5. The van der Waals surface area contributed by atoms with Crippen LogP contribution in [0.5, 0.6) is 0 Å². The number of nitrogens with zero attached hydrogens (tertiary/aromatic N) is 1. The highest BCUT2D eigenvalue weighted by Crippen LogP contribution is 2.34. The van der Waals surface area contributed by atoms with Gasteiger partial charge in [0.25, 0.3) is 5.91 Å². The average Bonchev–Trinajstić information content (AvgIpc) is 2.53. The molecule has 2 rings (SSSR count). The molecule has 2 amide bonds. The number of nitrogens with one attached hydrogen (secondary N) is 2. The molecular weight excluding hydrogens is 399 g/mol. The number of hydrogen-bond acceptors (Lipinski definition) is 4. The van der Waals surface area contributed by atoms with Crippen molar-refractivity contribution in [3.8, 4) is 0 Å². The highest BCUT2D eigenvalue weighted by atomic mass is 35.5. The smallest absolute Gasteiger partial charge is 0.416 e. The van der Waals surface area contributed by atoms with Gasteiger partial charge in [0.15, 0.2) is 0 Å². The summed E-state index contributed by atoms with van der Waals surface area (Å²) < 4.78 is 44.2. The predicted molar refractivity (Wildman–Crippen MR) is 98.5 cm³/mol. The van der Waals surface area contributed by atoms with E-state index in [0.717, 1.165) is 12.1 Å². The zero-order valence-corrected chi connectivity index (χ0v) is 15.9. The summed E-state index contributed by atoms with van der Waals surface area (Å²) in [7, 11) is 0. The van der Waals surface area contributed by atoms with E-state index >= 15 is 0 Å². The standard InChI is InChI=1S/C18H17ClF3N3O3/c1-17(2,3)28-16(27)25-12-5-4-11(18(20,21)22)9-13(12)24-15(26)10-6-7-23-14(19)8-10/h4-9H,1-3H3,(H,24,26)(H,25,27). The second-order valence-corrected chi connectivity index (χ2v) is 7.09. The van der Waals surface area contributed by atoms with E-state index in [0.29, 0.717) is 6.07 Å². The Balaban J connectivity index is 2.35. The van der Waals surface area contributed by atoms with Gasteiger partial charge in [0.2, 0.25) is 0 Å². The van der Waals surface area contributed by atoms with Crippen LogP contribution in [-0.4, -0.2) is 22.6 Å². The minimum absolute atomic E-state index is 0.0452. The molecule has 2 N–H and O–H groups in total. The molecule has 0 bridgehead atoms. The summed E-state index contributed by atoms with van der Waals surface area (Å²) in [6.45, 7) is 4.90. The first-order valence-corrected chi connectivity index (χ1v) is 8.37. The number of anilines is 2. The van der Waals surface area contributed by atoms with Crippen molar-refractivity contribution >= 4 is 35.0 Å².